The van der Waals surface area contributed by atoms with E-state index >= 15 is 0 Å². The summed E-state index contributed by atoms with van der Waals surface area (Å²) in [5.41, 5.74) is 2.96. The van der Waals surface area contributed by atoms with Crippen molar-refractivity contribution in [3.05, 3.63) is 16.6 Å². The number of aliphatic carboxylic acids is 1. The highest BCUT2D eigenvalue weighted by Crippen LogP contribution is 2.16. The average Bonchev–Trinajstić information content (AvgIpc) is 2.81. The molecule has 0 radical (unpaired) electrons. The topological polar surface area (TPSA) is 62.7 Å². The molecule has 0 aromatic carbocycles. The van der Waals surface area contributed by atoms with Crippen molar-refractivity contribution >= 4 is 17.3 Å². The van der Waals surface area contributed by atoms with E-state index < -0.39 is 5.97 Å². The monoisotopic (exact) mass is 256 g/mol. The van der Waals surface area contributed by atoms with Crippen LogP contribution in [0.4, 0.5) is 0 Å². The lowest BCUT2D eigenvalue weighted by Gasteiger charge is -2.31. The molecule has 0 unspecified atom stereocenters. The first-order valence-corrected chi connectivity index (χ1v) is 6.61. The Morgan fingerprint density at radius 3 is 2.94 bits per heavy atom. The van der Waals surface area contributed by atoms with Gasteiger partial charge in [0.2, 0.25) is 0 Å². The molecule has 0 spiro atoms. The molecule has 17 heavy (non-hydrogen) atoms. The fourth-order valence-electron chi connectivity index (χ4n) is 1.97. The summed E-state index contributed by atoms with van der Waals surface area (Å²) in [6, 6.07) is 0. The Kier molecular flexibility index (Phi) is 4.47. The highest BCUT2D eigenvalue weighted by atomic mass is 32.1. The maximum Gasteiger partial charge on any atom is 0.329 e. The molecule has 1 fully saturated rings. The van der Waals surface area contributed by atoms with Gasteiger partial charge in [-0.25, -0.2) is 9.78 Å². The maximum absolute atomic E-state index is 10.4. The minimum absolute atomic E-state index is 0.0952. The molecule has 1 aliphatic heterocycles. The fraction of sp³-hybridized carbons (Fsp3) is 0.636. The van der Waals surface area contributed by atoms with Crippen LogP contribution in [-0.2, 0) is 16.1 Å². The predicted octanol–water partition coefficient (Wildman–Crippen LogP) is 1.21. The number of thiazole rings is 1. The highest BCUT2D eigenvalue weighted by molar-refractivity contribution is 7.07. The number of aromatic nitrogens is 1. The molecule has 1 aliphatic rings. The van der Waals surface area contributed by atoms with Crippen LogP contribution in [0.25, 0.3) is 0 Å². The summed E-state index contributed by atoms with van der Waals surface area (Å²) in [6.07, 6.45) is 1.90. The first-order chi connectivity index (χ1) is 8.24. The van der Waals surface area contributed by atoms with Crippen molar-refractivity contribution in [1.82, 2.24) is 9.88 Å². The van der Waals surface area contributed by atoms with Crippen molar-refractivity contribution in [1.29, 1.82) is 0 Å². The lowest BCUT2D eigenvalue weighted by molar-refractivity contribution is -0.145. The second kappa shape index (κ2) is 6.09. The van der Waals surface area contributed by atoms with E-state index in [2.05, 4.69) is 15.3 Å². The number of carbonyl (C=O) groups is 1. The lowest BCUT2D eigenvalue weighted by Crippen LogP contribution is -2.37. The van der Waals surface area contributed by atoms with Crippen LogP contribution in [0.2, 0.25) is 0 Å². The molecule has 0 aliphatic carbocycles. The maximum atomic E-state index is 10.4. The Morgan fingerprint density at radius 2 is 2.35 bits per heavy atom. The number of likely N-dealkylation sites (tertiary alicyclic amines) is 1. The van der Waals surface area contributed by atoms with Crippen molar-refractivity contribution in [2.75, 3.05) is 19.7 Å². The van der Waals surface area contributed by atoms with Crippen molar-refractivity contribution < 1.29 is 14.6 Å². The number of piperidine rings is 1. The predicted molar refractivity (Wildman–Crippen MR) is 64.0 cm³/mol. The molecule has 0 atom stereocenters. The summed E-state index contributed by atoms with van der Waals surface area (Å²) in [4.78, 5) is 17.0. The van der Waals surface area contributed by atoms with Gasteiger partial charge in [0, 0.05) is 25.0 Å². The van der Waals surface area contributed by atoms with E-state index in [0.717, 1.165) is 38.2 Å². The number of carboxylic acids is 1. The molecule has 5 nitrogen and oxygen atoms in total. The van der Waals surface area contributed by atoms with E-state index in [4.69, 9.17) is 9.84 Å². The molecule has 2 heterocycles. The van der Waals surface area contributed by atoms with Gasteiger partial charge in [-0.2, -0.15) is 0 Å². The summed E-state index contributed by atoms with van der Waals surface area (Å²) in [5.74, 6) is -0.894. The Morgan fingerprint density at radius 1 is 1.59 bits per heavy atom. The Balaban J connectivity index is 1.69. The number of hydrogen-bond acceptors (Lipinski definition) is 5. The standard InChI is InChI=1S/C11H16N2O3S/c14-11(15)6-16-10-1-3-13(4-2-10)5-9-7-17-8-12-9/h7-8,10H,1-6H2,(H,14,15). The quantitative estimate of drug-likeness (QED) is 0.858. The molecule has 1 saturated heterocycles. The number of nitrogens with zero attached hydrogens (tertiary/aromatic N) is 2. The second-order valence-corrected chi connectivity index (χ2v) is 4.88. The molecule has 0 bridgehead atoms. The molecule has 0 amide bonds. The van der Waals surface area contributed by atoms with Gasteiger partial charge in [-0.1, -0.05) is 0 Å². The normalized spacial score (nSPS) is 18.4. The largest absolute Gasteiger partial charge is 0.480 e. The number of ether oxygens (including phenoxy) is 1. The van der Waals surface area contributed by atoms with Gasteiger partial charge < -0.3 is 9.84 Å². The van der Waals surface area contributed by atoms with Crippen molar-refractivity contribution in [3.8, 4) is 0 Å². The van der Waals surface area contributed by atoms with E-state index in [1.54, 1.807) is 11.3 Å². The zero-order valence-corrected chi connectivity index (χ0v) is 10.4. The molecule has 1 aromatic heterocycles. The van der Waals surface area contributed by atoms with Crippen LogP contribution >= 0.6 is 11.3 Å². The van der Waals surface area contributed by atoms with Crippen molar-refractivity contribution in [3.63, 3.8) is 0 Å². The lowest BCUT2D eigenvalue weighted by atomic mass is 10.1. The first-order valence-electron chi connectivity index (χ1n) is 5.67. The molecule has 1 aromatic rings. The second-order valence-electron chi connectivity index (χ2n) is 4.16. The summed E-state index contributed by atoms with van der Waals surface area (Å²) in [6.45, 7) is 2.59. The minimum atomic E-state index is -0.894. The van der Waals surface area contributed by atoms with Gasteiger partial charge in [0.05, 0.1) is 17.3 Å². The van der Waals surface area contributed by atoms with Gasteiger partial charge >= 0.3 is 5.97 Å². The van der Waals surface area contributed by atoms with Gasteiger partial charge in [-0.05, 0) is 12.8 Å². The number of hydrogen-bond donors (Lipinski definition) is 1. The zero-order valence-electron chi connectivity index (χ0n) is 9.54. The van der Waals surface area contributed by atoms with Gasteiger partial charge in [-0.3, -0.25) is 4.90 Å². The van der Waals surface area contributed by atoms with Gasteiger partial charge in [0.1, 0.15) is 6.61 Å². The molecule has 2 rings (SSSR count). The Labute approximate surface area is 104 Å². The van der Waals surface area contributed by atoms with E-state index in [1.807, 2.05) is 5.51 Å². The van der Waals surface area contributed by atoms with Crippen LogP contribution in [0.3, 0.4) is 0 Å². The summed E-state index contributed by atoms with van der Waals surface area (Å²) in [7, 11) is 0. The van der Waals surface area contributed by atoms with E-state index in [-0.39, 0.29) is 12.7 Å². The number of rotatable bonds is 5. The van der Waals surface area contributed by atoms with Crippen LogP contribution in [0.15, 0.2) is 10.9 Å². The third-order valence-electron chi connectivity index (χ3n) is 2.85. The van der Waals surface area contributed by atoms with E-state index in [0.29, 0.717) is 0 Å². The first kappa shape index (κ1) is 12.5. The van der Waals surface area contributed by atoms with Crippen LogP contribution < -0.4 is 0 Å². The van der Waals surface area contributed by atoms with Gasteiger partial charge in [0.15, 0.2) is 0 Å². The SMILES string of the molecule is O=C(O)COC1CCN(Cc2cscn2)CC1. The van der Waals surface area contributed by atoms with Gasteiger partial charge in [-0.15, -0.1) is 11.3 Å². The molecule has 94 valence electrons. The van der Waals surface area contributed by atoms with Crippen LogP contribution in [0.1, 0.15) is 18.5 Å². The van der Waals surface area contributed by atoms with Crippen LogP contribution in [0.5, 0.6) is 0 Å². The smallest absolute Gasteiger partial charge is 0.329 e. The highest BCUT2D eigenvalue weighted by Gasteiger charge is 2.20. The van der Waals surface area contributed by atoms with E-state index in [1.165, 1.54) is 0 Å². The number of carboxylic acid groups (broad SMARTS) is 1. The Hall–Kier alpha value is -0.980. The Bertz CT molecular complexity index is 348. The summed E-state index contributed by atoms with van der Waals surface area (Å²) < 4.78 is 5.29. The minimum Gasteiger partial charge on any atom is -0.480 e. The summed E-state index contributed by atoms with van der Waals surface area (Å²) >= 11 is 1.61. The van der Waals surface area contributed by atoms with Crippen LogP contribution in [0, 0.1) is 0 Å². The fourth-order valence-corrected chi connectivity index (χ4v) is 2.52. The zero-order chi connectivity index (χ0) is 12.1. The summed E-state index contributed by atoms with van der Waals surface area (Å²) in [5, 5.41) is 10.6. The van der Waals surface area contributed by atoms with Crippen molar-refractivity contribution in [2.45, 2.75) is 25.5 Å². The molecule has 0 saturated carbocycles. The van der Waals surface area contributed by atoms with Crippen molar-refractivity contribution in [2.24, 2.45) is 0 Å². The van der Waals surface area contributed by atoms with Gasteiger partial charge in [0.25, 0.3) is 0 Å². The third-order valence-corrected chi connectivity index (χ3v) is 3.48. The molecular formula is C11H16N2O3S. The molecule has 1 N–H and O–H groups in total. The third kappa shape index (κ3) is 4.07. The van der Waals surface area contributed by atoms with E-state index in [9.17, 15) is 4.79 Å². The molecular weight excluding hydrogens is 240 g/mol. The van der Waals surface area contributed by atoms with Crippen LogP contribution in [-0.4, -0.2) is 46.8 Å². The average molecular weight is 256 g/mol. The molecule has 6 heteroatoms.